The van der Waals surface area contributed by atoms with Crippen LogP contribution in [-0.2, 0) is 7.05 Å². The number of aromatic nitrogens is 4. The van der Waals surface area contributed by atoms with Crippen molar-refractivity contribution in [3.8, 4) is 5.69 Å². The molecule has 4 rings (SSSR count). The highest BCUT2D eigenvalue weighted by atomic mass is 19.1. The van der Waals surface area contributed by atoms with Gasteiger partial charge in [0.1, 0.15) is 17.7 Å². The Labute approximate surface area is 161 Å². The van der Waals surface area contributed by atoms with Crippen molar-refractivity contribution in [1.82, 2.24) is 24.6 Å². The molecule has 0 fully saturated rings. The number of para-hydroxylation sites is 1. The number of halogens is 1. The predicted molar refractivity (Wildman–Crippen MR) is 102 cm³/mol. The number of imidazole rings is 1. The molecule has 4 aromatic rings. The quantitative estimate of drug-likeness (QED) is 0.582. The standard InChI is InChI=1S/C21H18FN5O/c1-26-12-11-23-20(26)19(15-7-9-17(22)10-8-15)25-21(28)16-13-24-27(14-16)18-5-3-2-4-6-18/h2-14,19H,1H3,(H,25,28)/t19-/m1/s1. The zero-order valence-corrected chi connectivity index (χ0v) is 15.2. The van der Waals surface area contributed by atoms with Crippen LogP contribution in [0.2, 0.25) is 0 Å². The van der Waals surface area contributed by atoms with E-state index in [-0.39, 0.29) is 11.7 Å². The Balaban J connectivity index is 1.62. The highest BCUT2D eigenvalue weighted by Crippen LogP contribution is 2.21. The molecule has 0 bridgehead atoms. The van der Waals surface area contributed by atoms with E-state index in [4.69, 9.17) is 0 Å². The second kappa shape index (κ2) is 7.48. The molecule has 2 heterocycles. The summed E-state index contributed by atoms with van der Waals surface area (Å²) in [5.74, 6) is 0.0210. The van der Waals surface area contributed by atoms with Crippen molar-refractivity contribution >= 4 is 5.91 Å². The first kappa shape index (κ1) is 17.7. The van der Waals surface area contributed by atoms with E-state index in [2.05, 4.69) is 15.4 Å². The lowest BCUT2D eigenvalue weighted by molar-refractivity contribution is 0.0941. The van der Waals surface area contributed by atoms with Crippen LogP contribution in [0.4, 0.5) is 4.39 Å². The molecule has 0 aliphatic heterocycles. The monoisotopic (exact) mass is 375 g/mol. The highest BCUT2D eigenvalue weighted by Gasteiger charge is 2.22. The Morgan fingerprint density at radius 3 is 2.54 bits per heavy atom. The van der Waals surface area contributed by atoms with Crippen LogP contribution in [0.5, 0.6) is 0 Å². The summed E-state index contributed by atoms with van der Waals surface area (Å²) in [6.45, 7) is 0. The van der Waals surface area contributed by atoms with Gasteiger partial charge in [-0.05, 0) is 29.8 Å². The molecule has 7 heteroatoms. The minimum Gasteiger partial charge on any atom is -0.338 e. The van der Waals surface area contributed by atoms with Crippen molar-refractivity contribution in [3.63, 3.8) is 0 Å². The Kier molecular flexibility index (Phi) is 4.72. The van der Waals surface area contributed by atoms with Gasteiger partial charge in [0.15, 0.2) is 0 Å². The molecule has 0 unspecified atom stereocenters. The molecule has 0 saturated heterocycles. The smallest absolute Gasteiger partial charge is 0.255 e. The first-order valence-electron chi connectivity index (χ1n) is 8.75. The third kappa shape index (κ3) is 3.55. The largest absolute Gasteiger partial charge is 0.338 e. The summed E-state index contributed by atoms with van der Waals surface area (Å²) >= 11 is 0. The van der Waals surface area contributed by atoms with E-state index < -0.39 is 6.04 Å². The molecule has 2 aromatic heterocycles. The minimum absolute atomic E-state index is 0.292. The lowest BCUT2D eigenvalue weighted by Crippen LogP contribution is -2.31. The molecule has 2 aromatic carbocycles. The first-order valence-corrected chi connectivity index (χ1v) is 8.75. The summed E-state index contributed by atoms with van der Waals surface area (Å²) in [4.78, 5) is 17.2. The molecule has 0 spiro atoms. The van der Waals surface area contributed by atoms with Gasteiger partial charge < -0.3 is 9.88 Å². The molecule has 140 valence electrons. The van der Waals surface area contributed by atoms with Crippen LogP contribution in [0.3, 0.4) is 0 Å². The summed E-state index contributed by atoms with van der Waals surface area (Å²) in [5, 5.41) is 7.24. The Morgan fingerprint density at radius 1 is 1.11 bits per heavy atom. The maximum Gasteiger partial charge on any atom is 0.255 e. The zero-order valence-electron chi connectivity index (χ0n) is 15.2. The fourth-order valence-electron chi connectivity index (χ4n) is 2.98. The maximum absolute atomic E-state index is 13.3. The number of amides is 1. The molecule has 0 aliphatic carbocycles. The number of aryl methyl sites for hydroxylation is 1. The molecule has 28 heavy (non-hydrogen) atoms. The van der Waals surface area contributed by atoms with Crippen LogP contribution >= 0.6 is 0 Å². The van der Waals surface area contributed by atoms with Crippen LogP contribution in [0.15, 0.2) is 79.4 Å². The van der Waals surface area contributed by atoms with Gasteiger partial charge in [-0.2, -0.15) is 5.10 Å². The van der Waals surface area contributed by atoms with Crippen LogP contribution in [-0.4, -0.2) is 25.2 Å². The summed E-state index contributed by atoms with van der Waals surface area (Å²) in [6, 6.07) is 15.0. The van der Waals surface area contributed by atoms with Crippen LogP contribution in [0.1, 0.15) is 27.8 Å². The van der Waals surface area contributed by atoms with E-state index in [0.29, 0.717) is 11.4 Å². The van der Waals surface area contributed by atoms with E-state index in [1.54, 1.807) is 35.4 Å². The van der Waals surface area contributed by atoms with E-state index in [1.165, 1.54) is 18.3 Å². The Morgan fingerprint density at radius 2 is 1.86 bits per heavy atom. The summed E-state index contributed by atoms with van der Waals surface area (Å²) in [6.07, 6.45) is 6.64. The van der Waals surface area contributed by atoms with Crippen molar-refractivity contribution in [3.05, 3.63) is 102 Å². The molecule has 6 nitrogen and oxygen atoms in total. The normalized spacial score (nSPS) is 11.9. The van der Waals surface area contributed by atoms with Crippen molar-refractivity contribution in [2.24, 2.45) is 7.05 Å². The molecule has 1 N–H and O–H groups in total. The Hall–Kier alpha value is -3.74. The highest BCUT2D eigenvalue weighted by molar-refractivity contribution is 5.94. The molecule has 0 radical (unpaired) electrons. The fraction of sp³-hybridized carbons (Fsp3) is 0.0952. The predicted octanol–water partition coefficient (Wildman–Crippen LogP) is 3.26. The van der Waals surface area contributed by atoms with Crippen molar-refractivity contribution in [2.75, 3.05) is 0 Å². The number of hydrogen-bond donors (Lipinski definition) is 1. The topological polar surface area (TPSA) is 64.7 Å². The lowest BCUT2D eigenvalue weighted by Gasteiger charge is -2.18. The van der Waals surface area contributed by atoms with Gasteiger partial charge in [-0.3, -0.25) is 4.79 Å². The maximum atomic E-state index is 13.3. The second-order valence-corrected chi connectivity index (χ2v) is 6.36. The average Bonchev–Trinajstić information content (AvgIpc) is 3.37. The average molecular weight is 375 g/mol. The van der Waals surface area contributed by atoms with Gasteiger partial charge in [-0.1, -0.05) is 30.3 Å². The van der Waals surface area contributed by atoms with Crippen molar-refractivity contribution in [1.29, 1.82) is 0 Å². The summed E-state index contributed by atoms with van der Waals surface area (Å²) in [7, 11) is 1.85. The molecular weight excluding hydrogens is 357 g/mol. The van der Waals surface area contributed by atoms with Gasteiger partial charge in [0, 0.05) is 25.6 Å². The number of benzene rings is 2. The lowest BCUT2D eigenvalue weighted by atomic mass is 10.1. The van der Waals surface area contributed by atoms with Crippen LogP contribution in [0.25, 0.3) is 5.69 Å². The van der Waals surface area contributed by atoms with Gasteiger partial charge in [-0.25, -0.2) is 14.1 Å². The van der Waals surface area contributed by atoms with Gasteiger partial charge in [0.05, 0.1) is 17.4 Å². The van der Waals surface area contributed by atoms with Gasteiger partial charge in [-0.15, -0.1) is 0 Å². The zero-order chi connectivity index (χ0) is 19.5. The molecule has 1 amide bonds. The number of rotatable bonds is 5. The van der Waals surface area contributed by atoms with E-state index >= 15 is 0 Å². The summed E-state index contributed by atoms with van der Waals surface area (Å²) < 4.78 is 16.8. The number of carbonyl (C=O) groups excluding carboxylic acids is 1. The number of nitrogens with one attached hydrogen (secondary N) is 1. The van der Waals surface area contributed by atoms with Gasteiger partial charge >= 0.3 is 0 Å². The molecule has 0 saturated carbocycles. The SMILES string of the molecule is Cn1ccnc1[C@H](NC(=O)c1cnn(-c2ccccc2)c1)c1ccc(F)cc1. The molecule has 1 atom stereocenters. The first-order chi connectivity index (χ1) is 13.6. The number of carbonyl (C=O) groups is 1. The summed E-state index contributed by atoms with van der Waals surface area (Å²) in [5.41, 5.74) is 2.02. The van der Waals surface area contributed by atoms with Gasteiger partial charge in [0.2, 0.25) is 0 Å². The van der Waals surface area contributed by atoms with Crippen LogP contribution < -0.4 is 5.32 Å². The minimum atomic E-state index is -0.520. The third-order valence-electron chi connectivity index (χ3n) is 4.46. The van der Waals surface area contributed by atoms with E-state index in [0.717, 1.165) is 11.3 Å². The van der Waals surface area contributed by atoms with Crippen molar-refractivity contribution < 1.29 is 9.18 Å². The van der Waals surface area contributed by atoms with E-state index in [9.17, 15) is 9.18 Å². The number of nitrogens with zero attached hydrogens (tertiary/aromatic N) is 4. The third-order valence-corrected chi connectivity index (χ3v) is 4.46. The molecule has 0 aliphatic rings. The van der Waals surface area contributed by atoms with Crippen LogP contribution in [0, 0.1) is 5.82 Å². The second-order valence-electron chi connectivity index (χ2n) is 6.36. The number of hydrogen-bond acceptors (Lipinski definition) is 3. The molecular formula is C21H18FN5O. The fourth-order valence-corrected chi connectivity index (χ4v) is 2.98. The van der Waals surface area contributed by atoms with E-state index in [1.807, 2.05) is 41.9 Å². The van der Waals surface area contributed by atoms with Gasteiger partial charge in [0.25, 0.3) is 5.91 Å². The Bertz CT molecular complexity index is 1090. The van der Waals surface area contributed by atoms with Crippen molar-refractivity contribution in [2.45, 2.75) is 6.04 Å².